The number of carboxylic acids is 1. The van der Waals surface area contributed by atoms with Gasteiger partial charge >= 0.3 is 5.97 Å². The first-order valence-electron chi connectivity index (χ1n) is 6.08. The maximum Gasteiger partial charge on any atom is 0.323 e. The Morgan fingerprint density at radius 2 is 2.14 bits per heavy atom. The molecule has 0 saturated carbocycles. The number of hydrogen-bond donors (Lipinski definition) is 3. The number of rotatable bonds is 5. The molecule has 21 heavy (non-hydrogen) atoms. The molecule has 0 radical (unpaired) electrons. The van der Waals surface area contributed by atoms with E-state index in [2.05, 4.69) is 15.0 Å². The molecule has 1 amide bonds. The van der Waals surface area contributed by atoms with E-state index in [1.807, 2.05) is 0 Å². The van der Waals surface area contributed by atoms with E-state index in [0.29, 0.717) is 11.2 Å². The van der Waals surface area contributed by atoms with Crippen molar-refractivity contribution in [2.45, 2.75) is 19.6 Å². The fourth-order valence-electron chi connectivity index (χ4n) is 1.86. The normalized spacial score (nSPS) is 12.3. The van der Waals surface area contributed by atoms with Crippen molar-refractivity contribution in [1.82, 2.24) is 24.4 Å². The molecule has 0 bridgehead atoms. The minimum absolute atomic E-state index is 0.137. The zero-order chi connectivity index (χ0) is 15.6. The number of carbonyl (C=O) groups excluding carboxylic acids is 1. The van der Waals surface area contributed by atoms with Gasteiger partial charge in [-0.2, -0.15) is 0 Å². The van der Waals surface area contributed by atoms with Crippen LogP contribution in [0.2, 0.25) is 0 Å². The molecule has 0 fully saturated rings. The van der Waals surface area contributed by atoms with Crippen LogP contribution >= 0.6 is 0 Å². The standard InChI is InChI=1S/C11H15N7O3/c1-6(12)18(3-8(20)21)7(19)2-17-5-16-9-10(13)14-4-15-11(9)17/h4-6H,2-3,12H2,1H3,(H,20,21)(H2,13,14,15). The molecule has 1 atom stereocenters. The maximum absolute atomic E-state index is 12.2. The highest BCUT2D eigenvalue weighted by Gasteiger charge is 2.21. The van der Waals surface area contributed by atoms with E-state index < -0.39 is 24.6 Å². The van der Waals surface area contributed by atoms with Gasteiger partial charge in [0.25, 0.3) is 0 Å². The number of nitrogens with zero attached hydrogens (tertiary/aromatic N) is 5. The minimum Gasteiger partial charge on any atom is -0.480 e. The number of imidazole rings is 1. The molecule has 0 aliphatic carbocycles. The number of hydrogen-bond acceptors (Lipinski definition) is 7. The highest BCUT2D eigenvalue weighted by molar-refractivity contribution is 5.85. The number of anilines is 1. The van der Waals surface area contributed by atoms with E-state index in [0.717, 1.165) is 4.90 Å². The van der Waals surface area contributed by atoms with Gasteiger partial charge in [-0.1, -0.05) is 0 Å². The number of nitrogen functional groups attached to an aromatic ring is 1. The second kappa shape index (κ2) is 5.71. The summed E-state index contributed by atoms with van der Waals surface area (Å²) in [5.74, 6) is -1.38. The van der Waals surface area contributed by atoms with E-state index in [-0.39, 0.29) is 12.4 Å². The van der Waals surface area contributed by atoms with Gasteiger partial charge in [-0.05, 0) is 6.92 Å². The molecule has 5 N–H and O–H groups in total. The van der Waals surface area contributed by atoms with Crippen molar-refractivity contribution < 1.29 is 14.7 Å². The summed E-state index contributed by atoms with van der Waals surface area (Å²) in [6.07, 6.45) is 1.94. The molecule has 112 valence electrons. The molecular weight excluding hydrogens is 278 g/mol. The van der Waals surface area contributed by atoms with Crippen LogP contribution in [0, 0.1) is 0 Å². The van der Waals surface area contributed by atoms with Gasteiger partial charge in [0.15, 0.2) is 11.5 Å². The van der Waals surface area contributed by atoms with Crippen LogP contribution < -0.4 is 11.5 Å². The van der Waals surface area contributed by atoms with Crippen LogP contribution in [0.25, 0.3) is 11.2 Å². The molecule has 10 nitrogen and oxygen atoms in total. The molecule has 2 aromatic rings. The van der Waals surface area contributed by atoms with Gasteiger partial charge in [-0.15, -0.1) is 0 Å². The smallest absolute Gasteiger partial charge is 0.323 e. The quantitative estimate of drug-likeness (QED) is 0.570. The van der Waals surface area contributed by atoms with Crippen LogP contribution in [0.3, 0.4) is 0 Å². The van der Waals surface area contributed by atoms with Crippen molar-refractivity contribution in [1.29, 1.82) is 0 Å². The average Bonchev–Trinajstić information content (AvgIpc) is 2.80. The first kappa shape index (κ1) is 14.7. The monoisotopic (exact) mass is 293 g/mol. The van der Waals surface area contributed by atoms with Crippen molar-refractivity contribution >= 4 is 28.9 Å². The van der Waals surface area contributed by atoms with E-state index in [4.69, 9.17) is 16.6 Å². The minimum atomic E-state index is -1.14. The maximum atomic E-state index is 12.2. The fraction of sp³-hybridized carbons (Fsp3) is 0.364. The predicted octanol–water partition coefficient (Wildman–Crippen LogP) is -1.37. The zero-order valence-electron chi connectivity index (χ0n) is 11.3. The number of fused-ring (bicyclic) bond motifs is 1. The van der Waals surface area contributed by atoms with Gasteiger partial charge in [-0.25, -0.2) is 15.0 Å². The van der Waals surface area contributed by atoms with E-state index in [1.54, 1.807) is 0 Å². The summed E-state index contributed by atoms with van der Waals surface area (Å²) in [4.78, 5) is 35.8. The summed E-state index contributed by atoms with van der Waals surface area (Å²) < 4.78 is 1.47. The molecular formula is C11H15N7O3. The Balaban J connectivity index is 2.24. The third kappa shape index (κ3) is 3.05. The summed E-state index contributed by atoms with van der Waals surface area (Å²) in [6, 6.07) is 0. The van der Waals surface area contributed by atoms with Crippen LogP contribution in [-0.2, 0) is 16.1 Å². The molecule has 2 heterocycles. The van der Waals surface area contributed by atoms with Gasteiger partial charge in [-0.3, -0.25) is 9.59 Å². The third-order valence-corrected chi connectivity index (χ3v) is 2.85. The van der Waals surface area contributed by atoms with Gasteiger partial charge in [0, 0.05) is 0 Å². The van der Waals surface area contributed by atoms with Crippen LogP contribution in [0.1, 0.15) is 6.92 Å². The van der Waals surface area contributed by atoms with Gasteiger partial charge in [0.05, 0.1) is 12.5 Å². The average molecular weight is 293 g/mol. The van der Waals surface area contributed by atoms with Gasteiger partial charge in [0.1, 0.15) is 24.9 Å². The Bertz CT molecular complexity index is 682. The fourth-order valence-corrected chi connectivity index (χ4v) is 1.86. The first-order chi connectivity index (χ1) is 9.90. The van der Waals surface area contributed by atoms with Gasteiger partial charge in [0.2, 0.25) is 5.91 Å². The topological polar surface area (TPSA) is 153 Å². The molecule has 2 rings (SSSR count). The molecule has 2 aromatic heterocycles. The predicted molar refractivity (Wildman–Crippen MR) is 72.7 cm³/mol. The second-order valence-corrected chi connectivity index (χ2v) is 4.46. The molecule has 10 heteroatoms. The number of nitrogens with two attached hydrogens (primary N) is 2. The number of aromatic nitrogens is 4. The first-order valence-corrected chi connectivity index (χ1v) is 6.08. The molecule has 1 unspecified atom stereocenters. The van der Waals surface area contributed by atoms with Crippen molar-refractivity contribution in [3.8, 4) is 0 Å². The van der Waals surface area contributed by atoms with Crippen LogP contribution in [0.5, 0.6) is 0 Å². The van der Waals surface area contributed by atoms with E-state index >= 15 is 0 Å². The lowest BCUT2D eigenvalue weighted by Gasteiger charge is -2.24. The largest absolute Gasteiger partial charge is 0.480 e. The van der Waals surface area contributed by atoms with Crippen LogP contribution in [0.15, 0.2) is 12.7 Å². The Morgan fingerprint density at radius 3 is 2.76 bits per heavy atom. The number of carboxylic acid groups (broad SMARTS) is 1. The van der Waals surface area contributed by atoms with Crippen molar-refractivity contribution in [2.24, 2.45) is 5.73 Å². The van der Waals surface area contributed by atoms with Crippen LogP contribution in [-0.4, -0.2) is 54.1 Å². The van der Waals surface area contributed by atoms with Crippen molar-refractivity contribution in [2.75, 3.05) is 12.3 Å². The highest BCUT2D eigenvalue weighted by atomic mass is 16.4. The number of amides is 1. The summed E-state index contributed by atoms with van der Waals surface area (Å²) in [7, 11) is 0. The Hall–Kier alpha value is -2.75. The molecule has 0 aliphatic heterocycles. The van der Waals surface area contributed by atoms with E-state index in [9.17, 15) is 9.59 Å². The van der Waals surface area contributed by atoms with E-state index in [1.165, 1.54) is 24.1 Å². The van der Waals surface area contributed by atoms with Gasteiger partial charge < -0.3 is 26.0 Å². The van der Waals surface area contributed by atoms with Crippen molar-refractivity contribution in [3.63, 3.8) is 0 Å². The molecule has 0 aromatic carbocycles. The number of carbonyl (C=O) groups is 2. The Labute approximate surface area is 119 Å². The van der Waals surface area contributed by atoms with Crippen molar-refractivity contribution in [3.05, 3.63) is 12.7 Å². The summed E-state index contributed by atoms with van der Waals surface area (Å²) in [5.41, 5.74) is 12.1. The summed E-state index contributed by atoms with van der Waals surface area (Å²) in [5, 5.41) is 8.81. The Kier molecular flexibility index (Phi) is 3.98. The summed E-state index contributed by atoms with van der Waals surface area (Å²) in [6.45, 7) is 0.926. The molecule has 0 saturated heterocycles. The SMILES string of the molecule is CC(N)N(CC(=O)O)C(=O)Cn1cnc2c(N)ncnc21. The lowest BCUT2D eigenvalue weighted by molar-refractivity contribution is -0.146. The Morgan fingerprint density at radius 1 is 1.43 bits per heavy atom. The molecule has 0 spiro atoms. The summed E-state index contributed by atoms with van der Waals surface area (Å²) >= 11 is 0. The molecule has 0 aliphatic rings. The third-order valence-electron chi connectivity index (χ3n) is 2.85. The highest BCUT2D eigenvalue weighted by Crippen LogP contribution is 2.14. The second-order valence-electron chi connectivity index (χ2n) is 4.46. The van der Waals surface area contributed by atoms with Crippen LogP contribution in [0.4, 0.5) is 5.82 Å². The number of aliphatic carboxylic acids is 1. The lowest BCUT2D eigenvalue weighted by Crippen LogP contribution is -2.47. The zero-order valence-corrected chi connectivity index (χ0v) is 11.3. The lowest BCUT2D eigenvalue weighted by atomic mass is 10.4.